The van der Waals surface area contributed by atoms with E-state index >= 15 is 0 Å². The molecule has 2 heterocycles. The van der Waals surface area contributed by atoms with Crippen molar-refractivity contribution in [2.75, 3.05) is 59.9 Å². The van der Waals surface area contributed by atoms with Gasteiger partial charge in [0.15, 0.2) is 0 Å². The number of amides is 2. The summed E-state index contributed by atoms with van der Waals surface area (Å²) in [6, 6.07) is 0. The van der Waals surface area contributed by atoms with Crippen molar-refractivity contribution in [1.29, 1.82) is 0 Å². The van der Waals surface area contributed by atoms with Crippen LogP contribution in [0.1, 0.15) is 19.3 Å². The van der Waals surface area contributed by atoms with Gasteiger partial charge in [-0.2, -0.15) is 0 Å². The molecular formula is C15H28N4O2. The predicted molar refractivity (Wildman–Crippen MR) is 81.9 cm³/mol. The number of nitrogens with zero attached hydrogens (tertiary/aromatic N) is 3. The minimum absolute atomic E-state index is 0.128. The fourth-order valence-electron chi connectivity index (χ4n) is 2.96. The lowest BCUT2D eigenvalue weighted by atomic mass is 9.95. The van der Waals surface area contributed by atoms with Gasteiger partial charge in [-0.05, 0) is 31.8 Å². The Morgan fingerprint density at radius 3 is 2.48 bits per heavy atom. The summed E-state index contributed by atoms with van der Waals surface area (Å²) in [7, 11) is 3.56. The Labute approximate surface area is 127 Å². The number of nitrogens with one attached hydrogen (secondary N) is 1. The molecule has 2 aliphatic rings. The molecule has 1 atom stereocenters. The summed E-state index contributed by atoms with van der Waals surface area (Å²) >= 11 is 0. The maximum absolute atomic E-state index is 12.3. The number of carbonyl (C=O) groups excluding carboxylic acids is 2. The zero-order chi connectivity index (χ0) is 15.2. The third-order valence-electron chi connectivity index (χ3n) is 4.44. The van der Waals surface area contributed by atoms with Crippen LogP contribution in [0.25, 0.3) is 0 Å². The average molecular weight is 296 g/mol. The molecule has 2 amide bonds. The highest BCUT2D eigenvalue weighted by Gasteiger charge is 2.25. The molecule has 0 radical (unpaired) electrons. The monoisotopic (exact) mass is 296 g/mol. The first kappa shape index (κ1) is 16.2. The lowest BCUT2D eigenvalue weighted by Gasteiger charge is -2.35. The number of rotatable bonds is 4. The van der Waals surface area contributed by atoms with E-state index in [0.29, 0.717) is 18.9 Å². The Morgan fingerprint density at radius 1 is 1.19 bits per heavy atom. The van der Waals surface area contributed by atoms with E-state index in [4.69, 9.17) is 0 Å². The average Bonchev–Trinajstić information content (AvgIpc) is 2.48. The van der Waals surface area contributed by atoms with Gasteiger partial charge in [-0.15, -0.1) is 0 Å². The highest BCUT2D eigenvalue weighted by molar-refractivity contribution is 5.78. The number of hydrogen-bond acceptors (Lipinski definition) is 4. The van der Waals surface area contributed by atoms with E-state index < -0.39 is 0 Å². The number of likely N-dealkylation sites (N-methyl/N-ethyl adjacent to an activating group) is 1. The van der Waals surface area contributed by atoms with Crippen LogP contribution in [0.15, 0.2) is 0 Å². The van der Waals surface area contributed by atoms with Crippen LogP contribution < -0.4 is 5.32 Å². The van der Waals surface area contributed by atoms with E-state index in [2.05, 4.69) is 10.2 Å². The highest BCUT2D eigenvalue weighted by Crippen LogP contribution is 2.16. The first-order valence-electron chi connectivity index (χ1n) is 7.97. The first-order valence-corrected chi connectivity index (χ1v) is 7.97. The van der Waals surface area contributed by atoms with E-state index in [0.717, 1.165) is 45.7 Å². The lowest BCUT2D eigenvalue weighted by Crippen LogP contribution is -2.51. The van der Waals surface area contributed by atoms with Gasteiger partial charge >= 0.3 is 0 Å². The van der Waals surface area contributed by atoms with Crippen molar-refractivity contribution in [3.05, 3.63) is 0 Å². The molecule has 2 aliphatic heterocycles. The van der Waals surface area contributed by atoms with Crippen LogP contribution in [0.3, 0.4) is 0 Å². The lowest BCUT2D eigenvalue weighted by molar-refractivity contribution is -0.135. The maximum atomic E-state index is 12.3. The molecule has 0 spiro atoms. The van der Waals surface area contributed by atoms with Gasteiger partial charge in [0, 0.05) is 46.7 Å². The molecule has 6 heteroatoms. The van der Waals surface area contributed by atoms with Crippen molar-refractivity contribution in [2.24, 2.45) is 5.92 Å². The van der Waals surface area contributed by atoms with Gasteiger partial charge in [0.2, 0.25) is 11.8 Å². The quantitative estimate of drug-likeness (QED) is 0.768. The molecule has 1 N–H and O–H groups in total. The summed E-state index contributed by atoms with van der Waals surface area (Å²) < 4.78 is 0. The zero-order valence-corrected chi connectivity index (χ0v) is 13.3. The Kier molecular flexibility index (Phi) is 5.99. The third kappa shape index (κ3) is 4.97. The molecule has 0 saturated carbocycles. The van der Waals surface area contributed by atoms with Crippen LogP contribution in [0, 0.1) is 5.92 Å². The summed E-state index contributed by atoms with van der Waals surface area (Å²) in [5.41, 5.74) is 0. The van der Waals surface area contributed by atoms with E-state index in [1.165, 1.54) is 6.42 Å². The van der Waals surface area contributed by atoms with Gasteiger partial charge in [0.25, 0.3) is 0 Å². The molecule has 2 rings (SSSR count). The minimum atomic E-state index is 0.128. The van der Waals surface area contributed by atoms with E-state index in [9.17, 15) is 9.59 Å². The molecule has 0 aromatic carbocycles. The Balaban J connectivity index is 1.70. The SMILES string of the molecule is CN(C)C(=O)CN1CCN(C(=O)CC2CCCNC2)CC1. The molecule has 2 fully saturated rings. The second-order valence-electron chi connectivity index (χ2n) is 6.36. The van der Waals surface area contributed by atoms with Crippen molar-refractivity contribution in [1.82, 2.24) is 20.0 Å². The molecule has 6 nitrogen and oxygen atoms in total. The van der Waals surface area contributed by atoms with Crippen molar-refractivity contribution in [3.63, 3.8) is 0 Å². The largest absolute Gasteiger partial charge is 0.348 e. The van der Waals surface area contributed by atoms with Gasteiger partial charge in [-0.3, -0.25) is 14.5 Å². The van der Waals surface area contributed by atoms with Crippen molar-refractivity contribution >= 4 is 11.8 Å². The van der Waals surface area contributed by atoms with Crippen molar-refractivity contribution in [3.8, 4) is 0 Å². The standard InChI is InChI=1S/C15H28N4O2/c1-17(2)15(21)12-18-6-8-19(9-7-18)14(20)10-13-4-3-5-16-11-13/h13,16H,3-12H2,1-2H3. The summed E-state index contributed by atoms with van der Waals surface area (Å²) in [5, 5.41) is 3.36. The number of carbonyl (C=O) groups is 2. The molecule has 2 saturated heterocycles. The predicted octanol–water partition coefficient (Wildman–Crippen LogP) is -0.391. The fraction of sp³-hybridized carbons (Fsp3) is 0.867. The van der Waals surface area contributed by atoms with Crippen LogP contribution in [-0.2, 0) is 9.59 Å². The second-order valence-corrected chi connectivity index (χ2v) is 6.36. The topological polar surface area (TPSA) is 55.9 Å². The Bertz CT molecular complexity index is 359. The molecule has 0 aromatic rings. The number of hydrogen-bond donors (Lipinski definition) is 1. The second kappa shape index (κ2) is 7.75. The summed E-state index contributed by atoms with van der Waals surface area (Å²) in [5.74, 6) is 0.907. The van der Waals surface area contributed by atoms with Crippen LogP contribution in [0.2, 0.25) is 0 Å². The van der Waals surface area contributed by atoms with E-state index in [-0.39, 0.29) is 11.8 Å². The van der Waals surface area contributed by atoms with Gasteiger partial charge in [0.05, 0.1) is 6.54 Å². The Hall–Kier alpha value is -1.14. The molecule has 21 heavy (non-hydrogen) atoms. The third-order valence-corrected chi connectivity index (χ3v) is 4.44. The fourth-order valence-corrected chi connectivity index (χ4v) is 2.96. The number of piperazine rings is 1. The van der Waals surface area contributed by atoms with Crippen LogP contribution in [0.5, 0.6) is 0 Å². The minimum Gasteiger partial charge on any atom is -0.348 e. The van der Waals surface area contributed by atoms with Crippen LogP contribution in [-0.4, -0.2) is 86.4 Å². The zero-order valence-electron chi connectivity index (χ0n) is 13.3. The van der Waals surface area contributed by atoms with Gasteiger partial charge < -0.3 is 15.1 Å². The van der Waals surface area contributed by atoms with Crippen LogP contribution >= 0.6 is 0 Å². The molecule has 0 bridgehead atoms. The number of piperidine rings is 1. The molecule has 0 aromatic heterocycles. The highest BCUT2D eigenvalue weighted by atomic mass is 16.2. The van der Waals surface area contributed by atoms with E-state index in [1.54, 1.807) is 19.0 Å². The van der Waals surface area contributed by atoms with Gasteiger partial charge in [-0.25, -0.2) is 0 Å². The van der Waals surface area contributed by atoms with Crippen molar-refractivity contribution < 1.29 is 9.59 Å². The van der Waals surface area contributed by atoms with Gasteiger partial charge in [-0.1, -0.05) is 0 Å². The van der Waals surface area contributed by atoms with Gasteiger partial charge in [0.1, 0.15) is 0 Å². The maximum Gasteiger partial charge on any atom is 0.236 e. The summed E-state index contributed by atoms with van der Waals surface area (Å²) in [6.45, 7) is 5.62. The van der Waals surface area contributed by atoms with Crippen LogP contribution in [0.4, 0.5) is 0 Å². The molecular weight excluding hydrogens is 268 g/mol. The van der Waals surface area contributed by atoms with E-state index in [1.807, 2.05) is 4.90 Å². The first-order chi connectivity index (χ1) is 10.1. The van der Waals surface area contributed by atoms with Crippen molar-refractivity contribution in [2.45, 2.75) is 19.3 Å². The summed E-state index contributed by atoms with van der Waals surface area (Å²) in [4.78, 5) is 29.7. The molecule has 1 unspecified atom stereocenters. The Morgan fingerprint density at radius 2 is 1.90 bits per heavy atom. The molecule has 120 valence electrons. The summed E-state index contributed by atoms with van der Waals surface area (Å²) in [6.07, 6.45) is 3.01. The molecule has 0 aliphatic carbocycles. The smallest absolute Gasteiger partial charge is 0.236 e. The normalized spacial score (nSPS) is 23.9.